The number of aryl methyl sites for hydroxylation is 1. The van der Waals surface area contributed by atoms with Crippen LogP contribution < -0.4 is 5.32 Å². The van der Waals surface area contributed by atoms with Gasteiger partial charge in [0.05, 0.1) is 0 Å². The summed E-state index contributed by atoms with van der Waals surface area (Å²) >= 11 is 0. The molecule has 4 heteroatoms. The van der Waals surface area contributed by atoms with Crippen molar-refractivity contribution >= 4 is 0 Å². The van der Waals surface area contributed by atoms with E-state index >= 15 is 0 Å². The van der Waals surface area contributed by atoms with E-state index in [4.69, 9.17) is 0 Å². The first-order chi connectivity index (χ1) is 10.3. The number of aromatic nitrogens is 3. The maximum atomic E-state index is 4.50. The largest absolute Gasteiger partial charge is 0.319 e. The molecule has 0 aliphatic carbocycles. The fourth-order valence-electron chi connectivity index (χ4n) is 2.98. The van der Waals surface area contributed by atoms with E-state index in [1.165, 1.54) is 5.56 Å². The van der Waals surface area contributed by atoms with Crippen molar-refractivity contribution in [1.29, 1.82) is 0 Å². The van der Waals surface area contributed by atoms with Gasteiger partial charge in [-0.2, -0.15) is 5.10 Å². The van der Waals surface area contributed by atoms with Gasteiger partial charge in [0.25, 0.3) is 0 Å². The number of nitrogens with zero attached hydrogens (tertiary/aromatic N) is 3. The van der Waals surface area contributed by atoms with E-state index in [1.807, 2.05) is 11.7 Å². The van der Waals surface area contributed by atoms with Gasteiger partial charge < -0.3 is 5.32 Å². The molecule has 2 rings (SSSR count). The van der Waals surface area contributed by atoms with Gasteiger partial charge in [0.15, 0.2) is 0 Å². The second kappa shape index (κ2) is 7.36. The van der Waals surface area contributed by atoms with Crippen molar-refractivity contribution in [2.75, 3.05) is 13.6 Å². The zero-order valence-electron chi connectivity index (χ0n) is 13.3. The van der Waals surface area contributed by atoms with E-state index in [9.17, 15) is 0 Å². The number of rotatable bonds is 8. The molecule has 0 amide bonds. The van der Waals surface area contributed by atoms with Gasteiger partial charge in [0, 0.05) is 24.9 Å². The monoisotopic (exact) mass is 286 g/mol. The van der Waals surface area contributed by atoms with E-state index in [2.05, 4.69) is 59.6 Å². The maximum Gasteiger partial charge on any atom is 0.138 e. The van der Waals surface area contributed by atoms with Gasteiger partial charge in [0.1, 0.15) is 12.2 Å². The lowest BCUT2D eigenvalue weighted by Crippen LogP contribution is -2.39. The van der Waals surface area contributed by atoms with E-state index in [0.717, 1.165) is 38.2 Å². The highest BCUT2D eigenvalue weighted by Crippen LogP contribution is 2.31. The SMILES string of the molecule is CCCn1ncnc1CC(CC)(CNC)c1ccccc1. The Balaban J connectivity index is 2.34. The van der Waals surface area contributed by atoms with Gasteiger partial charge in [-0.3, -0.25) is 4.68 Å². The molecule has 1 atom stereocenters. The first-order valence-corrected chi connectivity index (χ1v) is 7.82. The van der Waals surface area contributed by atoms with Crippen molar-refractivity contribution in [3.05, 3.63) is 48.0 Å². The molecule has 1 aromatic heterocycles. The summed E-state index contributed by atoms with van der Waals surface area (Å²) in [5.74, 6) is 1.08. The number of likely N-dealkylation sites (N-methyl/N-ethyl adjacent to an activating group) is 1. The lowest BCUT2D eigenvalue weighted by atomic mass is 9.75. The fraction of sp³-hybridized carbons (Fsp3) is 0.529. The Labute approximate surface area is 127 Å². The van der Waals surface area contributed by atoms with Crippen LogP contribution in [0.25, 0.3) is 0 Å². The van der Waals surface area contributed by atoms with Crippen molar-refractivity contribution < 1.29 is 0 Å². The first-order valence-electron chi connectivity index (χ1n) is 7.82. The summed E-state index contributed by atoms with van der Waals surface area (Å²) in [5.41, 5.74) is 1.43. The van der Waals surface area contributed by atoms with Crippen molar-refractivity contribution in [3.63, 3.8) is 0 Å². The Morgan fingerprint density at radius 3 is 2.57 bits per heavy atom. The molecule has 1 unspecified atom stereocenters. The lowest BCUT2D eigenvalue weighted by Gasteiger charge is -2.33. The summed E-state index contributed by atoms with van der Waals surface area (Å²) in [6, 6.07) is 10.8. The normalized spacial score (nSPS) is 14.0. The second-order valence-electron chi connectivity index (χ2n) is 5.61. The van der Waals surface area contributed by atoms with Crippen LogP contribution in [0.1, 0.15) is 38.1 Å². The first kappa shape index (κ1) is 15.7. The molecular weight excluding hydrogens is 260 g/mol. The minimum absolute atomic E-state index is 0.0640. The van der Waals surface area contributed by atoms with E-state index in [-0.39, 0.29) is 5.41 Å². The molecule has 0 fully saturated rings. The second-order valence-corrected chi connectivity index (χ2v) is 5.61. The van der Waals surface area contributed by atoms with Crippen molar-refractivity contribution in [1.82, 2.24) is 20.1 Å². The van der Waals surface area contributed by atoms with Crippen molar-refractivity contribution in [2.45, 2.75) is 45.1 Å². The summed E-state index contributed by atoms with van der Waals surface area (Å²) in [4.78, 5) is 4.50. The van der Waals surface area contributed by atoms with Crippen LogP contribution in [0.5, 0.6) is 0 Å². The zero-order chi connectivity index (χ0) is 15.1. The third-order valence-corrected chi connectivity index (χ3v) is 4.21. The number of hydrogen-bond donors (Lipinski definition) is 1. The van der Waals surface area contributed by atoms with Gasteiger partial charge in [-0.15, -0.1) is 0 Å². The number of benzene rings is 1. The van der Waals surface area contributed by atoms with E-state index in [1.54, 1.807) is 6.33 Å². The molecule has 114 valence electrons. The maximum absolute atomic E-state index is 4.50. The predicted molar refractivity (Wildman–Crippen MR) is 86.4 cm³/mol. The van der Waals surface area contributed by atoms with Gasteiger partial charge >= 0.3 is 0 Å². The minimum Gasteiger partial charge on any atom is -0.319 e. The molecule has 0 aliphatic rings. The highest BCUT2D eigenvalue weighted by Gasteiger charge is 2.31. The highest BCUT2D eigenvalue weighted by molar-refractivity contribution is 5.27. The summed E-state index contributed by atoms with van der Waals surface area (Å²) in [6.07, 6.45) is 4.73. The van der Waals surface area contributed by atoms with Gasteiger partial charge in [-0.25, -0.2) is 4.98 Å². The third-order valence-electron chi connectivity index (χ3n) is 4.21. The van der Waals surface area contributed by atoms with Crippen LogP contribution in [-0.2, 0) is 18.4 Å². The van der Waals surface area contributed by atoms with Crippen LogP contribution in [0.3, 0.4) is 0 Å². The summed E-state index contributed by atoms with van der Waals surface area (Å²) in [7, 11) is 2.02. The van der Waals surface area contributed by atoms with E-state index < -0.39 is 0 Å². The minimum atomic E-state index is 0.0640. The Morgan fingerprint density at radius 1 is 1.19 bits per heavy atom. The van der Waals surface area contributed by atoms with Crippen LogP contribution in [0, 0.1) is 0 Å². The van der Waals surface area contributed by atoms with Gasteiger partial charge in [0.2, 0.25) is 0 Å². The predicted octanol–water partition coefficient (Wildman–Crippen LogP) is 2.80. The lowest BCUT2D eigenvalue weighted by molar-refractivity contribution is 0.372. The highest BCUT2D eigenvalue weighted by atomic mass is 15.3. The Kier molecular flexibility index (Phi) is 5.51. The molecule has 0 spiro atoms. The van der Waals surface area contributed by atoms with Crippen molar-refractivity contribution in [2.24, 2.45) is 0 Å². The Morgan fingerprint density at radius 2 is 1.95 bits per heavy atom. The molecule has 2 aromatic rings. The molecule has 21 heavy (non-hydrogen) atoms. The number of hydrogen-bond acceptors (Lipinski definition) is 3. The molecule has 0 radical (unpaired) electrons. The average molecular weight is 286 g/mol. The molecule has 4 nitrogen and oxygen atoms in total. The van der Waals surface area contributed by atoms with Gasteiger partial charge in [-0.1, -0.05) is 44.2 Å². The van der Waals surface area contributed by atoms with Crippen LogP contribution in [-0.4, -0.2) is 28.4 Å². The molecular formula is C17H26N4. The van der Waals surface area contributed by atoms with Crippen LogP contribution in [0.2, 0.25) is 0 Å². The zero-order valence-corrected chi connectivity index (χ0v) is 13.3. The Hall–Kier alpha value is -1.68. The standard InChI is InChI=1S/C17H26N4/c1-4-11-21-16(19-14-20-21)12-17(5-2,13-18-3)15-9-7-6-8-10-15/h6-10,14,18H,4-5,11-13H2,1-3H3. The molecule has 1 N–H and O–H groups in total. The van der Waals surface area contributed by atoms with Gasteiger partial charge in [-0.05, 0) is 25.5 Å². The summed E-state index contributed by atoms with van der Waals surface area (Å²) < 4.78 is 2.04. The molecule has 1 aromatic carbocycles. The molecule has 0 bridgehead atoms. The van der Waals surface area contributed by atoms with E-state index in [0.29, 0.717) is 0 Å². The quantitative estimate of drug-likeness (QED) is 0.811. The van der Waals surface area contributed by atoms with Crippen molar-refractivity contribution in [3.8, 4) is 0 Å². The molecule has 0 saturated carbocycles. The van der Waals surface area contributed by atoms with Crippen LogP contribution in [0.15, 0.2) is 36.7 Å². The summed E-state index contributed by atoms with van der Waals surface area (Å²) in [5, 5.41) is 7.73. The van der Waals surface area contributed by atoms with Crippen LogP contribution >= 0.6 is 0 Å². The fourth-order valence-corrected chi connectivity index (χ4v) is 2.98. The Bertz CT molecular complexity index is 535. The average Bonchev–Trinajstić information content (AvgIpc) is 2.95. The molecule has 1 heterocycles. The smallest absolute Gasteiger partial charge is 0.138 e. The molecule has 0 aliphatic heterocycles. The van der Waals surface area contributed by atoms with Crippen LogP contribution in [0.4, 0.5) is 0 Å². The summed E-state index contributed by atoms with van der Waals surface area (Å²) in [6.45, 7) is 6.30. The number of nitrogens with one attached hydrogen (secondary N) is 1. The third kappa shape index (κ3) is 3.50. The molecule has 0 saturated heterocycles. The topological polar surface area (TPSA) is 42.7 Å².